The van der Waals surface area contributed by atoms with Gasteiger partial charge in [-0.2, -0.15) is 0 Å². The number of aromatic nitrogens is 1. The van der Waals surface area contributed by atoms with Crippen LogP contribution in [0.3, 0.4) is 0 Å². The zero-order valence-corrected chi connectivity index (χ0v) is 16.2. The highest BCUT2D eigenvalue weighted by atomic mass is 16.7. The lowest BCUT2D eigenvalue weighted by molar-refractivity contribution is -0.163. The monoisotopic (exact) mass is 415 g/mol. The second-order valence-electron chi connectivity index (χ2n) is 6.94. The van der Waals surface area contributed by atoms with Gasteiger partial charge in [0.25, 0.3) is 0 Å². The molecule has 1 N–H and O–H groups in total. The SMILES string of the molecule is CC(=O)Oc1ccccc1C(O)O[C@H]1CO[C@@H]2C(OC(=O)c3cccnc3)CO[C@H]12. The summed E-state index contributed by atoms with van der Waals surface area (Å²) in [6.07, 6.45) is -0.557. The molecule has 5 atom stereocenters. The van der Waals surface area contributed by atoms with Gasteiger partial charge < -0.3 is 28.8 Å². The molecule has 9 heteroatoms. The Bertz CT molecular complexity index is 905. The topological polar surface area (TPSA) is 113 Å². The van der Waals surface area contributed by atoms with Crippen molar-refractivity contribution in [2.24, 2.45) is 0 Å². The van der Waals surface area contributed by atoms with E-state index in [4.69, 9.17) is 23.7 Å². The van der Waals surface area contributed by atoms with Crippen molar-refractivity contribution in [3.8, 4) is 5.75 Å². The fourth-order valence-corrected chi connectivity index (χ4v) is 3.51. The van der Waals surface area contributed by atoms with Crippen LogP contribution in [0.1, 0.15) is 29.1 Å². The zero-order chi connectivity index (χ0) is 21.1. The molecule has 2 unspecified atom stereocenters. The third kappa shape index (κ3) is 4.34. The van der Waals surface area contributed by atoms with E-state index in [1.54, 1.807) is 42.6 Å². The Morgan fingerprint density at radius 1 is 1.10 bits per heavy atom. The number of fused-ring (bicyclic) bond motifs is 1. The van der Waals surface area contributed by atoms with E-state index < -0.39 is 42.6 Å². The number of hydrogen-bond acceptors (Lipinski definition) is 9. The van der Waals surface area contributed by atoms with Gasteiger partial charge in [0.15, 0.2) is 12.4 Å². The van der Waals surface area contributed by atoms with Gasteiger partial charge in [-0.15, -0.1) is 0 Å². The Morgan fingerprint density at radius 3 is 2.57 bits per heavy atom. The molecule has 2 fully saturated rings. The highest BCUT2D eigenvalue weighted by Gasteiger charge is 2.50. The predicted molar refractivity (Wildman–Crippen MR) is 101 cm³/mol. The fourth-order valence-electron chi connectivity index (χ4n) is 3.51. The van der Waals surface area contributed by atoms with Gasteiger partial charge in [0, 0.05) is 19.3 Å². The van der Waals surface area contributed by atoms with Crippen LogP contribution in [0.4, 0.5) is 0 Å². The maximum atomic E-state index is 12.3. The Kier molecular flexibility index (Phi) is 6.05. The average molecular weight is 415 g/mol. The molecule has 158 valence electrons. The van der Waals surface area contributed by atoms with Crippen molar-refractivity contribution in [1.82, 2.24) is 4.98 Å². The van der Waals surface area contributed by atoms with Crippen molar-refractivity contribution in [2.75, 3.05) is 13.2 Å². The summed E-state index contributed by atoms with van der Waals surface area (Å²) in [5.74, 6) is -0.805. The summed E-state index contributed by atoms with van der Waals surface area (Å²) in [4.78, 5) is 27.5. The largest absolute Gasteiger partial charge is 0.453 e. The Labute approximate surface area is 172 Å². The van der Waals surface area contributed by atoms with E-state index in [1.165, 1.54) is 13.1 Å². The molecule has 0 aliphatic carbocycles. The maximum absolute atomic E-state index is 12.3. The number of benzene rings is 1. The van der Waals surface area contributed by atoms with Gasteiger partial charge in [-0.3, -0.25) is 9.78 Å². The van der Waals surface area contributed by atoms with E-state index in [9.17, 15) is 14.7 Å². The highest BCUT2D eigenvalue weighted by molar-refractivity contribution is 5.89. The number of ether oxygens (including phenoxy) is 5. The number of aliphatic hydroxyl groups is 1. The third-order valence-corrected chi connectivity index (χ3v) is 4.86. The van der Waals surface area contributed by atoms with Crippen LogP contribution in [-0.4, -0.2) is 59.7 Å². The molecule has 4 rings (SSSR count). The van der Waals surface area contributed by atoms with Crippen LogP contribution >= 0.6 is 0 Å². The van der Waals surface area contributed by atoms with Gasteiger partial charge in [0.05, 0.1) is 24.3 Å². The number of pyridine rings is 1. The van der Waals surface area contributed by atoms with Crippen LogP contribution in [0.15, 0.2) is 48.8 Å². The number of para-hydroxylation sites is 1. The van der Waals surface area contributed by atoms with Crippen LogP contribution in [0, 0.1) is 0 Å². The first-order chi connectivity index (χ1) is 14.5. The lowest BCUT2D eigenvalue weighted by Crippen LogP contribution is -2.35. The van der Waals surface area contributed by atoms with Gasteiger partial charge in [-0.25, -0.2) is 4.79 Å². The highest BCUT2D eigenvalue weighted by Crippen LogP contribution is 2.34. The summed E-state index contributed by atoms with van der Waals surface area (Å²) >= 11 is 0. The summed E-state index contributed by atoms with van der Waals surface area (Å²) in [6.45, 7) is 1.59. The van der Waals surface area contributed by atoms with Crippen LogP contribution in [0.5, 0.6) is 5.75 Å². The fraction of sp³-hybridized carbons (Fsp3) is 0.381. The van der Waals surface area contributed by atoms with Gasteiger partial charge in [0.1, 0.15) is 24.1 Å². The summed E-state index contributed by atoms with van der Waals surface area (Å²) in [6, 6.07) is 9.81. The van der Waals surface area contributed by atoms with Crippen molar-refractivity contribution in [1.29, 1.82) is 0 Å². The minimum absolute atomic E-state index is 0.154. The summed E-state index contributed by atoms with van der Waals surface area (Å²) < 4.78 is 27.8. The molecule has 2 saturated heterocycles. The molecule has 3 heterocycles. The van der Waals surface area contributed by atoms with E-state index in [1.807, 2.05) is 0 Å². The molecular formula is C21H21NO8. The number of aliphatic hydroxyl groups excluding tert-OH is 1. The first-order valence-corrected chi connectivity index (χ1v) is 9.48. The van der Waals surface area contributed by atoms with Crippen molar-refractivity contribution >= 4 is 11.9 Å². The van der Waals surface area contributed by atoms with Crippen molar-refractivity contribution in [3.63, 3.8) is 0 Å². The van der Waals surface area contributed by atoms with E-state index in [0.29, 0.717) is 11.1 Å². The van der Waals surface area contributed by atoms with Crippen LogP contribution < -0.4 is 4.74 Å². The number of nitrogens with zero attached hydrogens (tertiary/aromatic N) is 1. The average Bonchev–Trinajstić information content (AvgIpc) is 3.32. The lowest BCUT2D eigenvalue weighted by atomic mass is 10.1. The molecule has 9 nitrogen and oxygen atoms in total. The second kappa shape index (κ2) is 8.88. The normalized spacial score (nSPS) is 26.1. The van der Waals surface area contributed by atoms with Crippen molar-refractivity contribution in [2.45, 2.75) is 37.6 Å². The number of rotatable bonds is 6. The maximum Gasteiger partial charge on any atom is 0.340 e. The van der Waals surface area contributed by atoms with Crippen LogP contribution in [0.25, 0.3) is 0 Å². The molecule has 0 amide bonds. The second-order valence-corrected chi connectivity index (χ2v) is 6.94. The molecule has 0 bridgehead atoms. The molecule has 30 heavy (non-hydrogen) atoms. The minimum atomic E-state index is -1.35. The number of hydrogen-bond donors (Lipinski definition) is 1. The molecule has 2 aliphatic heterocycles. The predicted octanol–water partition coefficient (Wildman–Crippen LogP) is 1.41. The summed E-state index contributed by atoms with van der Waals surface area (Å²) in [5, 5.41) is 10.5. The standard InChI is InChI=1S/C21H21NO8/c1-12(23)28-15-7-3-2-6-14(15)21(25)30-17-11-27-18-16(10-26-19(17)18)29-20(24)13-5-4-8-22-9-13/h2-9,16-19,21,25H,10-11H2,1H3/t16?,17-,18+,19+,21?/m0/s1. The Morgan fingerprint density at radius 2 is 1.83 bits per heavy atom. The van der Waals surface area contributed by atoms with Crippen molar-refractivity contribution < 1.29 is 38.4 Å². The molecule has 0 spiro atoms. The minimum Gasteiger partial charge on any atom is -0.453 e. The van der Waals surface area contributed by atoms with E-state index in [-0.39, 0.29) is 19.0 Å². The van der Waals surface area contributed by atoms with E-state index >= 15 is 0 Å². The Balaban J connectivity index is 1.38. The molecule has 0 radical (unpaired) electrons. The Hall–Kier alpha value is -2.85. The lowest BCUT2D eigenvalue weighted by Gasteiger charge is -2.22. The molecular weight excluding hydrogens is 394 g/mol. The van der Waals surface area contributed by atoms with Gasteiger partial charge in [0.2, 0.25) is 0 Å². The smallest absolute Gasteiger partial charge is 0.340 e. The molecule has 1 aromatic heterocycles. The first-order valence-electron chi connectivity index (χ1n) is 9.48. The first kappa shape index (κ1) is 20.4. The molecule has 0 saturated carbocycles. The van der Waals surface area contributed by atoms with Gasteiger partial charge in [-0.05, 0) is 18.2 Å². The molecule has 1 aromatic carbocycles. The number of carbonyl (C=O) groups is 2. The van der Waals surface area contributed by atoms with E-state index in [2.05, 4.69) is 4.98 Å². The molecule has 2 aromatic rings. The van der Waals surface area contributed by atoms with Gasteiger partial charge >= 0.3 is 11.9 Å². The quantitative estimate of drug-likeness (QED) is 0.425. The van der Waals surface area contributed by atoms with E-state index in [0.717, 1.165) is 0 Å². The number of carbonyl (C=O) groups excluding carboxylic acids is 2. The van der Waals surface area contributed by atoms with Crippen LogP contribution in [0.2, 0.25) is 0 Å². The zero-order valence-electron chi connectivity index (χ0n) is 16.2. The van der Waals surface area contributed by atoms with Gasteiger partial charge in [-0.1, -0.05) is 18.2 Å². The van der Waals surface area contributed by atoms with Crippen LogP contribution in [-0.2, 0) is 23.7 Å². The summed E-state index contributed by atoms with van der Waals surface area (Å²) in [7, 11) is 0. The van der Waals surface area contributed by atoms with Crippen molar-refractivity contribution in [3.05, 3.63) is 59.9 Å². The number of esters is 2. The summed E-state index contributed by atoms with van der Waals surface area (Å²) in [5.41, 5.74) is 0.651. The molecule has 2 aliphatic rings. The third-order valence-electron chi connectivity index (χ3n) is 4.86.